The Morgan fingerprint density at radius 3 is 1.48 bits per heavy atom. The zero-order valence-electron chi connectivity index (χ0n) is 13.2. The average Bonchev–Trinajstić information content (AvgIpc) is 2.65. The minimum Gasteiger partial charge on any atom is -0.870 e. The number of aromatic nitrogens is 2. The molecule has 4 aromatic rings. The molecule has 0 aliphatic carbocycles. The van der Waals surface area contributed by atoms with Gasteiger partial charge in [0.05, 0.1) is 21.1 Å². The molecule has 0 spiro atoms. The van der Waals surface area contributed by atoms with Gasteiger partial charge in [0.2, 0.25) is 0 Å². The van der Waals surface area contributed by atoms with Crippen LogP contribution in [0.3, 0.4) is 0 Å². The monoisotopic (exact) mass is 656 g/mol. The molecule has 0 aliphatic heterocycles. The molecule has 27 heavy (non-hydrogen) atoms. The average molecular weight is 657 g/mol. The molecule has 2 heterocycles. The summed E-state index contributed by atoms with van der Waals surface area (Å²) in [6.07, 6.45) is 3.19. The van der Waals surface area contributed by atoms with E-state index in [1.54, 1.807) is 48.8 Å². The molecular weight excluding hydrogens is 649 g/mol. The predicted octanol–water partition coefficient (Wildman–Crippen LogP) is 5.13. The van der Waals surface area contributed by atoms with Crippen molar-refractivity contribution in [2.75, 3.05) is 0 Å². The van der Waals surface area contributed by atoms with Gasteiger partial charge in [-0.1, -0.05) is 34.7 Å². The SMILES string of the molecule is [Fe+2].[O-]c1c([123I])cc(Cl)c2cccnc12.[O-]c1c([123I])cc(Cl)c2cccnc12. The number of benzene rings is 2. The van der Waals surface area contributed by atoms with Crippen LogP contribution in [0.25, 0.3) is 21.8 Å². The Morgan fingerprint density at radius 2 is 1.11 bits per heavy atom. The molecule has 138 valence electrons. The van der Waals surface area contributed by atoms with Crippen molar-refractivity contribution in [3.05, 3.63) is 66.0 Å². The van der Waals surface area contributed by atoms with E-state index in [1.165, 1.54) is 0 Å². The molecule has 0 radical (unpaired) electrons. The van der Waals surface area contributed by atoms with Crippen LogP contribution in [0.15, 0.2) is 48.8 Å². The van der Waals surface area contributed by atoms with Crippen LogP contribution in [0.2, 0.25) is 10.0 Å². The van der Waals surface area contributed by atoms with Gasteiger partial charge in [-0.15, -0.1) is 0 Å². The van der Waals surface area contributed by atoms with Crippen LogP contribution < -0.4 is 10.2 Å². The summed E-state index contributed by atoms with van der Waals surface area (Å²) in [7, 11) is 0. The summed E-state index contributed by atoms with van der Waals surface area (Å²) in [6.45, 7) is 0. The zero-order valence-corrected chi connectivity index (χ0v) is 20.1. The molecule has 0 aliphatic rings. The molecule has 4 nitrogen and oxygen atoms in total. The van der Waals surface area contributed by atoms with Crippen molar-refractivity contribution in [1.82, 2.24) is 9.97 Å². The molecular formula is C18H8Cl2FeI2N2O2. The maximum atomic E-state index is 11.6. The Labute approximate surface area is 203 Å². The molecule has 2 aromatic carbocycles. The first-order valence-electron chi connectivity index (χ1n) is 7.19. The van der Waals surface area contributed by atoms with Gasteiger partial charge >= 0.3 is 17.1 Å². The smallest absolute Gasteiger partial charge is 0.870 e. The summed E-state index contributed by atoms with van der Waals surface area (Å²) in [4.78, 5) is 8.00. The van der Waals surface area contributed by atoms with Gasteiger partial charge < -0.3 is 10.2 Å². The fourth-order valence-corrected chi connectivity index (χ4v) is 4.32. The van der Waals surface area contributed by atoms with Crippen LogP contribution in [0.4, 0.5) is 0 Å². The number of nitrogens with zero attached hydrogens (tertiary/aromatic N) is 2. The summed E-state index contributed by atoms with van der Waals surface area (Å²) in [5.74, 6) is -0.110. The van der Waals surface area contributed by atoms with Crippen molar-refractivity contribution < 1.29 is 27.3 Å². The first kappa shape index (κ1) is 22.7. The van der Waals surface area contributed by atoms with Crippen LogP contribution in [-0.4, -0.2) is 9.97 Å². The van der Waals surface area contributed by atoms with E-state index < -0.39 is 0 Å². The molecule has 0 amide bonds. The third-order valence-electron chi connectivity index (χ3n) is 3.50. The van der Waals surface area contributed by atoms with Gasteiger partial charge in [0, 0.05) is 30.3 Å². The van der Waals surface area contributed by atoms with E-state index in [1.807, 2.05) is 45.2 Å². The molecule has 0 atom stereocenters. The first-order chi connectivity index (χ1) is 12.4. The summed E-state index contributed by atoms with van der Waals surface area (Å²) in [5.41, 5.74) is 0.888. The second kappa shape index (κ2) is 9.75. The van der Waals surface area contributed by atoms with Crippen molar-refractivity contribution in [3.63, 3.8) is 0 Å². The van der Waals surface area contributed by atoms with Crippen molar-refractivity contribution >= 4 is 90.2 Å². The minimum atomic E-state index is -0.0550. The summed E-state index contributed by atoms with van der Waals surface area (Å²) in [6, 6.07) is 10.4. The van der Waals surface area contributed by atoms with Gasteiger partial charge in [0.1, 0.15) is 0 Å². The first-order valence-corrected chi connectivity index (χ1v) is 10.1. The number of rotatable bonds is 0. The fraction of sp³-hybridized carbons (Fsp3) is 0. The third-order valence-corrected chi connectivity index (χ3v) is 5.73. The van der Waals surface area contributed by atoms with Gasteiger partial charge in [-0.2, -0.15) is 0 Å². The number of fused-ring (bicyclic) bond motifs is 2. The third kappa shape index (κ3) is 4.89. The largest absolute Gasteiger partial charge is 2.00 e. The van der Waals surface area contributed by atoms with E-state index in [9.17, 15) is 10.2 Å². The summed E-state index contributed by atoms with van der Waals surface area (Å²) >= 11 is 15.8. The molecule has 0 saturated heterocycles. The van der Waals surface area contributed by atoms with E-state index in [0.29, 0.717) is 28.2 Å². The van der Waals surface area contributed by atoms with Crippen molar-refractivity contribution in [2.45, 2.75) is 0 Å². The predicted molar refractivity (Wildman–Crippen MR) is 118 cm³/mol. The second-order valence-electron chi connectivity index (χ2n) is 5.14. The number of hydrogen-bond donors (Lipinski definition) is 0. The number of pyridine rings is 2. The normalized spacial score (nSPS) is 10.2. The Kier molecular flexibility index (Phi) is 8.20. The fourth-order valence-electron chi connectivity index (χ4n) is 2.29. The topological polar surface area (TPSA) is 71.9 Å². The Morgan fingerprint density at radius 1 is 0.741 bits per heavy atom. The number of hydrogen-bond acceptors (Lipinski definition) is 4. The van der Waals surface area contributed by atoms with E-state index in [2.05, 4.69) is 9.97 Å². The quantitative estimate of drug-likeness (QED) is 0.195. The second-order valence-corrected chi connectivity index (χ2v) is 8.28. The van der Waals surface area contributed by atoms with Gasteiger partial charge in [0.15, 0.2) is 0 Å². The van der Waals surface area contributed by atoms with Crippen molar-refractivity contribution in [3.8, 4) is 11.5 Å². The molecule has 9 heteroatoms. The van der Waals surface area contributed by atoms with Crippen LogP contribution in [0.5, 0.6) is 11.5 Å². The molecule has 2 aromatic heterocycles. The molecule has 0 fully saturated rings. The van der Waals surface area contributed by atoms with Crippen LogP contribution >= 0.6 is 68.4 Å². The Balaban J connectivity index is 0.000000187. The maximum absolute atomic E-state index is 11.6. The van der Waals surface area contributed by atoms with Crippen molar-refractivity contribution in [2.24, 2.45) is 0 Å². The van der Waals surface area contributed by atoms with Gasteiger partial charge in [-0.05, 0) is 81.6 Å². The standard InChI is InChI=1S/2C9H5ClINO.Fe/c2*10-6-4-7(11)9(13)8-5(6)2-1-3-12-8;/h2*1-4,13H;/q;;+2/p-2/i2*11-4;. The van der Waals surface area contributed by atoms with Crippen LogP contribution in [0.1, 0.15) is 0 Å². The van der Waals surface area contributed by atoms with E-state index in [0.717, 1.165) is 10.8 Å². The Hall–Kier alpha value is -0.581. The summed E-state index contributed by atoms with van der Waals surface area (Å²) < 4.78 is 1.21. The van der Waals surface area contributed by atoms with E-state index in [4.69, 9.17) is 23.2 Å². The van der Waals surface area contributed by atoms with Gasteiger partial charge in [-0.25, -0.2) is 0 Å². The van der Waals surface area contributed by atoms with E-state index >= 15 is 0 Å². The molecule has 0 bridgehead atoms. The van der Waals surface area contributed by atoms with Gasteiger partial charge in [-0.3, -0.25) is 9.97 Å². The van der Waals surface area contributed by atoms with Crippen molar-refractivity contribution in [1.29, 1.82) is 0 Å². The van der Waals surface area contributed by atoms with Gasteiger partial charge in [0.25, 0.3) is 0 Å². The number of halogens is 4. The zero-order chi connectivity index (χ0) is 18.8. The molecule has 0 N–H and O–H groups in total. The Bertz CT molecular complexity index is 1040. The molecule has 4 rings (SSSR count). The van der Waals surface area contributed by atoms with Crippen LogP contribution in [0, 0.1) is 7.14 Å². The van der Waals surface area contributed by atoms with Crippen LogP contribution in [-0.2, 0) is 17.1 Å². The summed E-state index contributed by atoms with van der Waals surface area (Å²) in [5, 5.41) is 25.7. The molecule has 0 saturated carbocycles. The van der Waals surface area contributed by atoms with E-state index in [-0.39, 0.29) is 28.6 Å². The molecule has 0 unspecified atom stereocenters. The maximum Gasteiger partial charge on any atom is 2.00 e. The minimum absolute atomic E-state index is 0.